The highest BCUT2D eigenvalue weighted by atomic mass is 32.2. The first-order valence-electron chi connectivity index (χ1n) is 9.53. The molecule has 3 rings (SSSR count). The fraction of sp³-hybridized carbons (Fsp3) is 0.333. The van der Waals surface area contributed by atoms with E-state index in [1.165, 1.54) is 0 Å². The molecule has 0 aliphatic heterocycles. The van der Waals surface area contributed by atoms with Crippen molar-refractivity contribution in [2.45, 2.75) is 39.0 Å². The number of nitrogens with one attached hydrogen (secondary N) is 1. The Morgan fingerprint density at radius 1 is 1.14 bits per heavy atom. The maximum atomic E-state index is 12.7. The fourth-order valence-corrected chi connectivity index (χ4v) is 4.36. The molecule has 0 bridgehead atoms. The number of sulfonamides is 1. The number of aromatic nitrogens is 3. The van der Waals surface area contributed by atoms with Crippen LogP contribution in [0.4, 0.5) is 0 Å². The van der Waals surface area contributed by atoms with Gasteiger partial charge in [0, 0.05) is 18.4 Å². The highest BCUT2D eigenvalue weighted by Gasteiger charge is 2.17. The molecule has 0 saturated heterocycles. The lowest BCUT2D eigenvalue weighted by Gasteiger charge is -2.11. The molecule has 0 saturated carbocycles. The van der Waals surface area contributed by atoms with Gasteiger partial charge in [0.15, 0.2) is 5.82 Å². The maximum absolute atomic E-state index is 12.7. The third-order valence-corrected chi connectivity index (χ3v) is 6.19. The number of ether oxygens (including phenoxy) is 1. The maximum Gasteiger partial charge on any atom is 0.240 e. The molecule has 0 radical (unpaired) electrons. The molecule has 0 atom stereocenters. The van der Waals surface area contributed by atoms with Gasteiger partial charge in [0.25, 0.3) is 0 Å². The van der Waals surface area contributed by atoms with Crippen LogP contribution in [0.25, 0.3) is 5.82 Å². The first-order chi connectivity index (χ1) is 13.8. The summed E-state index contributed by atoms with van der Waals surface area (Å²) in [6.07, 6.45) is 2.26. The minimum absolute atomic E-state index is 0.232. The summed E-state index contributed by atoms with van der Waals surface area (Å²) in [6.45, 7) is 8.44. The standard InChI is InChI=1S/C21H26N4O3S/c1-5-28-20-10-9-18(14-15(20)2)29(26,27)23-13-11-19-16(3)24-25(17(19)4)21-8-6-7-12-22-21/h6-10,12,14,23H,5,11,13H2,1-4H3. The van der Waals surface area contributed by atoms with Crippen molar-refractivity contribution in [2.24, 2.45) is 0 Å². The Bertz CT molecular complexity index is 1090. The Morgan fingerprint density at radius 3 is 2.59 bits per heavy atom. The minimum atomic E-state index is -3.60. The molecule has 0 amide bonds. The van der Waals surface area contributed by atoms with Crippen LogP contribution in [0, 0.1) is 20.8 Å². The van der Waals surface area contributed by atoms with E-state index < -0.39 is 10.0 Å². The summed E-state index contributed by atoms with van der Waals surface area (Å²) in [5, 5.41) is 4.56. The summed E-state index contributed by atoms with van der Waals surface area (Å²) >= 11 is 0. The second-order valence-corrected chi connectivity index (χ2v) is 8.52. The monoisotopic (exact) mass is 414 g/mol. The predicted molar refractivity (Wildman–Crippen MR) is 112 cm³/mol. The van der Waals surface area contributed by atoms with Crippen molar-refractivity contribution in [3.8, 4) is 11.6 Å². The number of hydrogen-bond donors (Lipinski definition) is 1. The van der Waals surface area contributed by atoms with E-state index in [0.29, 0.717) is 18.8 Å². The zero-order chi connectivity index (χ0) is 21.0. The quantitative estimate of drug-likeness (QED) is 0.612. The molecule has 29 heavy (non-hydrogen) atoms. The smallest absolute Gasteiger partial charge is 0.240 e. The van der Waals surface area contributed by atoms with Crippen LogP contribution >= 0.6 is 0 Å². The highest BCUT2D eigenvalue weighted by Crippen LogP contribution is 2.22. The molecule has 2 heterocycles. The molecule has 3 aromatic rings. The van der Waals surface area contributed by atoms with E-state index >= 15 is 0 Å². The Labute approximate surface area is 171 Å². The van der Waals surface area contributed by atoms with Crippen molar-refractivity contribution in [3.05, 3.63) is 65.1 Å². The first kappa shape index (κ1) is 21.0. The van der Waals surface area contributed by atoms with Gasteiger partial charge in [-0.25, -0.2) is 22.8 Å². The number of hydrogen-bond acceptors (Lipinski definition) is 5. The minimum Gasteiger partial charge on any atom is -0.494 e. The molecule has 0 unspecified atom stereocenters. The molecule has 154 valence electrons. The van der Waals surface area contributed by atoms with Crippen molar-refractivity contribution in [1.29, 1.82) is 0 Å². The van der Waals surface area contributed by atoms with Gasteiger partial charge < -0.3 is 4.74 Å². The topological polar surface area (TPSA) is 86.1 Å². The Kier molecular flexibility index (Phi) is 6.34. The summed E-state index contributed by atoms with van der Waals surface area (Å²) < 4.78 is 35.3. The van der Waals surface area contributed by atoms with Gasteiger partial charge in [0.2, 0.25) is 10.0 Å². The molecule has 0 spiro atoms. The molecule has 0 fully saturated rings. The van der Waals surface area contributed by atoms with E-state index in [0.717, 1.165) is 28.3 Å². The van der Waals surface area contributed by atoms with Crippen molar-refractivity contribution in [3.63, 3.8) is 0 Å². The Morgan fingerprint density at radius 2 is 1.93 bits per heavy atom. The van der Waals surface area contributed by atoms with E-state index in [1.807, 2.05) is 45.9 Å². The molecule has 8 heteroatoms. The molecule has 1 aromatic carbocycles. The summed E-state index contributed by atoms with van der Waals surface area (Å²) in [4.78, 5) is 4.56. The van der Waals surface area contributed by atoms with Crippen molar-refractivity contribution in [2.75, 3.05) is 13.2 Å². The molecule has 0 aliphatic rings. The second-order valence-electron chi connectivity index (χ2n) is 6.76. The normalized spacial score (nSPS) is 11.6. The molecular formula is C21H26N4O3S. The lowest BCUT2D eigenvalue weighted by atomic mass is 10.1. The third-order valence-electron chi connectivity index (χ3n) is 4.73. The molecule has 0 aliphatic carbocycles. The first-order valence-corrected chi connectivity index (χ1v) is 11.0. The van der Waals surface area contributed by atoms with Gasteiger partial charge in [-0.1, -0.05) is 6.07 Å². The van der Waals surface area contributed by atoms with Crippen molar-refractivity contribution in [1.82, 2.24) is 19.5 Å². The molecule has 1 N–H and O–H groups in total. The number of rotatable bonds is 8. The van der Waals surface area contributed by atoms with Crippen molar-refractivity contribution < 1.29 is 13.2 Å². The second kappa shape index (κ2) is 8.75. The van der Waals surface area contributed by atoms with E-state index in [2.05, 4.69) is 14.8 Å². The number of pyridine rings is 1. The predicted octanol–water partition coefficient (Wildman–Crippen LogP) is 3.11. The van der Waals surface area contributed by atoms with E-state index in [1.54, 1.807) is 29.1 Å². The Hall–Kier alpha value is -2.71. The average Bonchev–Trinajstić information content (AvgIpc) is 2.98. The lowest BCUT2D eigenvalue weighted by Crippen LogP contribution is -2.26. The van der Waals surface area contributed by atoms with Crippen LogP contribution in [0.2, 0.25) is 0 Å². The Balaban J connectivity index is 1.71. The fourth-order valence-electron chi connectivity index (χ4n) is 3.24. The zero-order valence-corrected chi connectivity index (χ0v) is 18.0. The van der Waals surface area contributed by atoms with E-state index in [9.17, 15) is 8.42 Å². The van der Waals surface area contributed by atoms with Gasteiger partial charge in [-0.15, -0.1) is 0 Å². The van der Waals surface area contributed by atoms with Gasteiger partial charge in [-0.2, -0.15) is 5.10 Å². The van der Waals surface area contributed by atoms with Gasteiger partial charge in [-0.3, -0.25) is 0 Å². The molecular weight excluding hydrogens is 388 g/mol. The summed E-state index contributed by atoms with van der Waals surface area (Å²) in [6, 6.07) is 10.5. The summed E-state index contributed by atoms with van der Waals surface area (Å²) in [5.41, 5.74) is 3.63. The van der Waals surface area contributed by atoms with Crippen LogP contribution in [-0.4, -0.2) is 36.3 Å². The number of nitrogens with zero attached hydrogens (tertiary/aromatic N) is 3. The van der Waals surface area contributed by atoms with Crippen LogP contribution in [0.15, 0.2) is 47.5 Å². The van der Waals surface area contributed by atoms with Crippen molar-refractivity contribution >= 4 is 10.0 Å². The van der Waals surface area contributed by atoms with Crippen LogP contribution in [0.1, 0.15) is 29.4 Å². The van der Waals surface area contributed by atoms with Crippen LogP contribution in [-0.2, 0) is 16.4 Å². The number of aryl methyl sites for hydroxylation is 2. The highest BCUT2D eigenvalue weighted by molar-refractivity contribution is 7.89. The van der Waals surface area contributed by atoms with Gasteiger partial charge >= 0.3 is 0 Å². The summed E-state index contributed by atoms with van der Waals surface area (Å²) in [5.74, 6) is 1.43. The van der Waals surface area contributed by atoms with Crippen LogP contribution in [0.3, 0.4) is 0 Å². The van der Waals surface area contributed by atoms with Gasteiger partial charge in [0.1, 0.15) is 5.75 Å². The average molecular weight is 415 g/mol. The molecule has 7 nitrogen and oxygen atoms in total. The summed E-state index contributed by atoms with van der Waals surface area (Å²) in [7, 11) is -3.60. The largest absolute Gasteiger partial charge is 0.494 e. The lowest BCUT2D eigenvalue weighted by molar-refractivity contribution is 0.337. The number of benzene rings is 1. The van der Waals surface area contributed by atoms with Gasteiger partial charge in [0.05, 0.1) is 17.2 Å². The van der Waals surface area contributed by atoms with Crippen LogP contribution in [0.5, 0.6) is 5.75 Å². The van der Waals surface area contributed by atoms with E-state index in [-0.39, 0.29) is 11.4 Å². The SMILES string of the molecule is CCOc1ccc(S(=O)(=O)NCCc2c(C)nn(-c3ccccn3)c2C)cc1C. The molecule has 2 aromatic heterocycles. The zero-order valence-electron chi connectivity index (χ0n) is 17.1. The van der Waals surface area contributed by atoms with Crippen LogP contribution < -0.4 is 9.46 Å². The van der Waals surface area contributed by atoms with Gasteiger partial charge in [-0.05, 0) is 75.6 Å². The van der Waals surface area contributed by atoms with E-state index in [4.69, 9.17) is 4.74 Å². The third kappa shape index (κ3) is 4.65.